The van der Waals surface area contributed by atoms with E-state index in [0.717, 1.165) is 6.07 Å². The van der Waals surface area contributed by atoms with E-state index < -0.39 is 42.4 Å². The highest BCUT2D eigenvalue weighted by molar-refractivity contribution is 6.61. The van der Waals surface area contributed by atoms with Crippen LogP contribution in [0.4, 0.5) is 19.8 Å². The first kappa shape index (κ1) is 31.6. The van der Waals surface area contributed by atoms with Crippen molar-refractivity contribution in [3.8, 4) is 5.75 Å². The average molecular weight is 573 g/mol. The van der Waals surface area contributed by atoms with Gasteiger partial charge in [0.2, 0.25) is 0 Å². The number of halogens is 3. The summed E-state index contributed by atoms with van der Waals surface area (Å²) in [5.41, 5.74) is -1.36. The number of imide groups is 1. The Morgan fingerprint density at radius 3 is 2.00 bits per heavy atom. The number of anilines is 1. The van der Waals surface area contributed by atoms with Crippen molar-refractivity contribution >= 4 is 53.8 Å². The standard InChI is InChI=1S/C25H32BCl2FN2O7/c1-14(19-16(27)10-11-17(29)20(19)28)36-18-12-15(26(34-8)35-9)13-30-21(18)31(22(32)37-24(2,3)4)23(33)38-25(5,6)7/h10-14H,1-9H3/t14-/m0/s1. The van der Waals surface area contributed by atoms with E-state index in [1.54, 1.807) is 48.5 Å². The molecular formula is C25H32BCl2FN2O7. The highest BCUT2D eigenvalue weighted by Gasteiger charge is 2.37. The van der Waals surface area contributed by atoms with Crippen LogP contribution in [0.15, 0.2) is 24.4 Å². The van der Waals surface area contributed by atoms with E-state index in [9.17, 15) is 14.0 Å². The summed E-state index contributed by atoms with van der Waals surface area (Å²) in [4.78, 5) is 31.4. The van der Waals surface area contributed by atoms with Crippen LogP contribution in [0.5, 0.6) is 5.75 Å². The van der Waals surface area contributed by atoms with Gasteiger partial charge in [-0.2, -0.15) is 4.90 Å². The van der Waals surface area contributed by atoms with Crippen molar-refractivity contribution in [2.75, 3.05) is 19.1 Å². The van der Waals surface area contributed by atoms with Gasteiger partial charge in [0.05, 0.1) is 5.02 Å². The zero-order valence-electron chi connectivity index (χ0n) is 22.9. The molecule has 0 unspecified atom stereocenters. The van der Waals surface area contributed by atoms with Gasteiger partial charge in [-0.1, -0.05) is 23.2 Å². The zero-order valence-corrected chi connectivity index (χ0v) is 24.4. The molecule has 1 atom stereocenters. The van der Waals surface area contributed by atoms with Gasteiger partial charge in [-0.3, -0.25) is 0 Å². The van der Waals surface area contributed by atoms with Crippen LogP contribution in [-0.2, 0) is 18.8 Å². The summed E-state index contributed by atoms with van der Waals surface area (Å²) in [6, 6.07) is 3.93. The van der Waals surface area contributed by atoms with Crippen molar-refractivity contribution in [3.05, 3.63) is 45.8 Å². The van der Waals surface area contributed by atoms with Gasteiger partial charge < -0.3 is 23.5 Å². The maximum atomic E-state index is 14.2. The van der Waals surface area contributed by atoms with E-state index in [1.807, 2.05) is 0 Å². The molecule has 0 aliphatic carbocycles. The van der Waals surface area contributed by atoms with Gasteiger partial charge in [-0.15, -0.1) is 0 Å². The molecule has 1 heterocycles. The largest absolute Gasteiger partial charge is 0.495 e. The molecule has 2 amide bonds. The molecule has 0 bridgehead atoms. The third-order valence-electron chi connectivity index (χ3n) is 4.71. The minimum absolute atomic E-state index is 0.0813. The van der Waals surface area contributed by atoms with Crippen LogP contribution in [0.3, 0.4) is 0 Å². The Morgan fingerprint density at radius 2 is 1.53 bits per heavy atom. The molecule has 2 rings (SSSR count). The molecule has 0 spiro atoms. The normalized spacial score (nSPS) is 12.5. The number of benzene rings is 1. The van der Waals surface area contributed by atoms with E-state index in [2.05, 4.69) is 4.98 Å². The highest BCUT2D eigenvalue weighted by Crippen LogP contribution is 2.37. The SMILES string of the molecule is COB(OC)c1cnc(N(C(=O)OC(C)(C)C)C(=O)OC(C)(C)C)c(O[C@@H](C)c2c(Cl)ccc(F)c2Cl)c1. The zero-order chi connectivity index (χ0) is 29.0. The number of pyridine rings is 1. The maximum absolute atomic E-state index is 14.2. The third kappa shape index (κ3) is 8.20. The Morgan fingerprint density at radius 1 is 1.00 bits per heavy atom. The van der Waals surface area contributed by atoms with E-state index in [-0.39, 0.29) is 27.2 Å². The molecule has 0 aliphatic rings. The average Bonchev–Trinajstić information content (AvgIpc) is 2.76. The summed E-state index contributed by atoms with van der Waals surface area (Å²) in [5.74, 6) is -1.03. The summed E-state index contributed by atoms with van der Waals surface area (Å²) < 4.78 is 41.9. The second-order valence-corrected chi connectivity index (χ2v) is 11.0. The Bertz CT molecular complexity index is 1140. The monoisotopic (exact) mass is 572 g/mol. The van der Waals surface area contributed by atoms with E-state index in [4.69, 9.17) is 46.7 Å². The molecule has 0 radical (unpaired) electrons. The first-order valence-corrected chi connectivity index (χ1v) is 12.4. The molecule has 208 valence electrons. The van der Waals surface area contributed by atoms with Crippen LogP contribution in [0, 0.1) is 5.82 Å². The van der Waals surface area contributed by atoms with Crippen molar-refractivity contribution in [2.45, 2.75) is 65.8 Å². The maximum Gasteiger partial charge on any atom is 0.495 e. The van der Waals surface area contributed by atoms with E-state index in [0.29, 0.717) is 10.4 Å². The van der Waals surface area contributed by atoms with Crippen LogP contribution in [-0.4, -0.2) is 49.7 Å². The van der Waals surface area contributed by atoms with Crippen molar-refractivity contribution < 1.29 is 37.5 Å². The minimum Gasteiger partial charge on any atom is -0.482 e. The third-order valence-corrected chi connectivity index (χ3v) is 5.42. The second-order valence-electron chi connectivity index (χ2n) is 10.2. The summed E-state index contributed by atoms with van der Waals surface area (Å²) in [7, 11) is 1.99. The van der Waals surface area contributed by atoms with Gasteiger partial charge in [-0.05, 0) is 66.7 Å². The van der Waals surface area contributed by atoms with Crippen LogP contribution >= 0.6 is 23.2 Å². The molecule has 0 aliphatic heterocycles. The lowest BCUT2D eigenvalue weighted by molar-refractivity contribution is 0.0426. The quantitative estimate of drug-likeness (QED) is 0.280. The summed E-state index contributed by atoms with van der Waals surface area (Å²) in [5, 5.41) is -0.0872. The Hall–Kier alpha value is -2.60. The molecule has 13 heteroatoms. The number of hydrogen-bond donors (Lipinski definition) is 0. The predicted molar refractivity (Wildman–Crippen MR) is 144 cm³/mol. The first-order valence-electron chi connectivity index (χ1n) is 11.6. The Kier molecular flexibility index (Phi) is 10.4. The number of hydrogen-bond acceptors (Lipinski definition) is 8. The van der Waals surface area contributed by atoms with Crippen LogP contribution in [0.2, 0.25) is 10.0 Å². The van der Waals surface area contributed by atoms with Crippen molar-refractivity contribution in [1.82, 2.24) is 4.98 Å². The highest BCUT2D eigenvalue weighted by atomic mass is 35.5. The van der Waals surface area contributed by atoms with Gasteiger partial charge in [0.25, 0.3) is 0 Å². The fourth-order valence-electron chi connectivity index (χ4n) is 3.23. The molecule has 0 saturated heterocycles. The summed E-state index contributed by atoms with van der Waals surface area (Å²) >= 11 is 12.5. The minimum atomic E-state index is -1.05. The lowest BCUT2D eigenvalue weighted by Crippen LogP contribution is -2.45. The molecule has 0 fully saturated rings. The van der Waals surface area contributed by atoms with Gasteiger partial charge in [0, 0.05) is 36.5 Å². The van der Waals surface area contributed by atoms with Crippen molar-refractivity contribution in [2.24, 2.45) is 0 Å². The van der Waals surface area contributed by atoms with Gasteiger partial charge in [0.1, 0.15) is 23.1 Å². The van der Waals surface area contributed by atoms with E-state index in [1.165, 1.54) is 32.5 Å². The molecule has 2 aromatic rings. The van der Waals surface area contributed by atoms with Crippen molar-refractivity contribution in [1.29, 1.82) is 0 Å². The number of carbonyl (C=O) groups excluding carboxylic acids is 2. The molecular weight excluding hydrogens is 541 g/mol. The van der Waals surface area contributed by atoms with Gasteiger partial charge in [0.15, 0.2) is 11.6 Å². The summed E-state index contributed by atoms with van der Waals surface area (Å²) in [6.45, 7) is 11.4. The van der Waals surface area contributed by atoms with Gasteiger partial charge >= 0.3 is 19.3 Å². The molecule has 0 N–H and O–H groups in total. The van der Waals surface area contributed by atoms with E-state index >= 15 is 0 Å². The Labute approximate surface area is 232 Å². The molecule has 0 saturated carbocycles. The van der Waals surface area contributed by atoms with Crippen LogP contribution in [0.1, 0.15) is 60.1 Å². The lowest BCUT2D eigenvalue weighted by atomic mass is 9.80. The van der Waals surface area contributed by atoms with Crippen LogP contribution in [0.25, 0.3) is 0 Å². The number of nitrogens with zero attached hydrogens (tertiary/aromatic N) is 2. The van der Waals surface area contributed by atoms with Gasteiger partial charge in [-0.25, -0.2) is 19.0 Å². The van der Waals surface area contributed by atoms with Crippen LogP contribution < -0.4 is 15.1 Å². The molecule has 9 nitrogen and oxygen atoms in total. The lowest BCUT2D eigenvalue weighted by Gasteiger charge is -2.29. The fraction of sp³-hybridized carbons (Fsp3) is 0.480. The summed E-state index contributed by atoms with van der Waals surface area (Å²) in [6.07, 6.45) is -1.72. The number of aromatic nitrogens is 1. The number of carbonyl (C=O) groups is 2. The first-order chi connectivity index (χ1) is 17.5. The molecule has 1 aromatic heterocycles. The van der Waals surface area contributed by atoms with Crippen molar-refractivity contribution in [3.63, 3.8) is 0 Å². The smallest absolute Gasteiger partial charge is 0.482 e. The molecule has 1 aromatic carbocycles. The number of ether oxygens (including phenoxy) is 3. The second kappa shape index (κ2) is 12.5. The number of amides is 2. The topological polar surface area (TPSA) is 96.4 Å². The molecule has 38 heavy (non-hydrogen) atoms. The predicted octanol–water partition coefficient (Wildman–Crippen LogP) is 6.33. The number of rotatable bonds is 7. The fourth-order valence-corrected chi connectivity index (χ4v) is 3.91. The Balaban J connectivity index is 2.72.